The first kappa shape index (κ1) is 16.1. The van der Waals surface area contributed by atoms with Gasteiger partial charge < -0.3 is 10.4 Å². The molecule has 130 valence electrons. The molecule has 0 aliphatic heterocycles. The SMILES string of the molecule is CS(=O)(=O)c1cccc(Nc2cnc(C(=O)O)c3c2C2CCC3C2)c1. The number of carboxylic acid groups (broad SMARTS) is 1. The zero-order valence-electron chi connectivity index (χ0n) is 13.7. The Morgan fingerprint density at radius 2 is 1.96 bits per heavy atom. The number of pyridine rings is 1. The first-order valence-corrected chi connectivity index (χ1v) is 10.1. The van der Waals surface area contributed by atoms with Crippen molar-refractivity contribution in [2.45, 2.75) is 36.0 Å². The fraction of sp³-hybridized carbons (Fsp3) is 0.333. The van der Waals surface area contributed by atoms with Gasteiger partial charge >= 0.3 is 5.97 Å². The molecule has 0 saturated heterocycles. The first-order valence-electron chi connectivity index (χ1n) is 8.18. The van der Waals surface area contributed by atoms with Crippen LogP contribution in [0.3, 0.4) is 0 Å². The van der Waals surface area contributed by atoms with E-state index >= 15 is 0 Å². The van der Waals surface area contributed by atoms with Crippen molar-refractivity contribution >= 4 is 27.2 Å². The molecule has 2 atom stereocenters. The largest absolute Gasteiger partial charge is 0.477 e. The Balaban J connectivity index is 1.77. The Labute approximate surface area is 145 Å². The van der Waals surface area contributed by atoms with Crippen molar-refractivity contribution in [1.82, 2.24) is 4.98 Å². The predicted octanol–water partition coefficient (Wildman–Crippen LogP) is 3.29. The van der Waals surface area contributed by atoms with Gasteiger partial charge in [-0.25, -0.2) is 18.2 Å². The summed E-state index contributed by atoms with van der Waals surface area (Å²) < 4.78 is 23.5. The Kier molecular flexibility index (Phi) is 3.57. The molecule has 2 unspecified atom stereocenters. The fourth-order valence-corrected chi connectivity index (χ4v) is 4.80. The van der Waals surface area contributed by atoms with Crippen LogP contribution in [0.1, 0.15) is 52.7 Å². The standard InChI is InChI=1S/C18H18N2O4S/c1-25(23,24)13-4-2-3-12(8-13)20-14-9-19-17(18(21)22)16-11-6-5-10(7-11)15(14)16/h2-4,8-11,20H,5-7H2,1H3,(H,21,22). The van der Waals surface area contributed by atoms with Crippen molar-refractivity contribution in [3.63, 3.8) is 0 Å². The molecule has 25 heavy (non-hydrogen) atoms. The van der Waals surface area contributed by atoms with Crippen LogP contribution < -0.4 is 5.32 Å². The topological polar surface area (TPSA) is 96.4 Å². The second-order valence-electron chi connectivity index (χ2n) is 6.78. The molecule has 1 saturated carbocycles. The molecule has 2 aromatic rings. The zero-order valence-corrected chi connectivity index (χ0v) is 14.5. The monoisotopic (exact) mass is 358 g/mol. The van der Waals surface area contributed by atoms with Crippen LogP contribution in [0.5, 0.6) is 0 Å². The summed E-state index contributed by atoms with van der Waals surface area (Å²) in [5.74, 6) is -0.376. The summed E-state index contributed by atoms with van der Waals surface area (Å²) in [6, 6.07) is 6.61. The summed E-state index contributed by atoms with van der Waals surface area (Å²) in [5.41, 5.74) is 3.47. The molecule has 7 heteroatoms. The maximum atomic E-state index is 11.7. The van der Waals surface area contributed by atoms with E-state index in [1.165, 1.54) is 6.26 Å². The van der Waals surface area contributed by atoms with E-state index in [9.17, 15) is 18.3 Å². The van der Waals surface area contributed by atoms with Crippen molar-refractivity contribution in [3.8, 4) is 0 Å². The highest BCUT2D eigenvalue weighted by molar-refractivity contribution is 7.90. The number of aromatic nitrogens is 1. The van der Waals surface area contributed by atoms with Gasteiger partial charge in [-0.05, 0) is 60.4 Å². The molecule has 6 nitrogen and oxygen atoms in total. The number of rotatable bonds is 4. The number of benzene rings is 1. The zero-order chi connectivity index (χ0) is 17.8. The number of fused-ring (bicyclic) bond motifs is 5. The summed E-state index contributed by atoms with van der Waals surface area (Å²) >= 11 is 0. The van der Waals surface area contributed by atoms with Crippen LogP contribution in [0.2, 0.25) is 0 Å². The number of aromatic carboxylic acids is 1. The number of hydrogen-bond donors (Lipinski definition) is 2. The second kappa shape index (κ2) is 5.56. The first-order chi connectivity index (χ1) is 11.8. The van der Waals surface area contributed by atoms with E-state index in [1.807, 2.05) is 0 Å². The predicted molar refractivity (Wildman–Crippen MR) is 93.4 cm³/mol. The molecule has 4 rings (SSSR count). The van der Waals surface area contributed by atoms with Crippen LogP contribution in [-0.2, 0) is 9.84 Å². The van der Waals surface area contributed by atoms with Gasteiger partial charge in [0, 0.05) is 11.9 Å². The van der Waals surface area contributed by atoms with Crippen LogP contribution in [0.25, 0.3) is 0 Å². The number of nitrogens with zero attached hydrogens (tertiary/aromatic N) is 1. The summed E-state index contributed by atoms with van der Waals surface area (Å²) in [6.45, 7) is 0. The van der Waals surface area contributed by atoms with E-state index in [-0.39, 0.29) is 16.5 Å². The van der Waals surface area contributed by atoms with Gasteiger partial charge in [0.05, 0.1) is 16.8 Å². The third kappa shape index (κ3) is 2.68. The summed E-state index contributed by atoms with van der Waals surface area (Å²) in [6.07, 6.45) is 5.76. The molecule has 1 heterocycles. The molecule has 0 spiro atoms. The maximum Gasteiger partial charge on any atom is 0.354 e. The van der Waals surface area contributed by atoms with Crippen LogP contribution in [-0.4, -0.2) is 30.7 Å². The van der Waals surface area contributed by atoms with Gasteiger partial charge in [-0.1, -0.05) is 6.07 Å². The minimum absolute atomic E-state index is 0.151. The second-order valence-corrected chi connectivity index (χ2v) is 8.80. The lowest BCUT2D eigenvalue weighted by atomic mass is 9.89. The fourth-order valence-electron chi connectivity index (χ4n) is 4.13. The molecule has 1 aromatic heterocycles. The molecule has 0 amide bonds. The number of carbonyl (C=O) groups is 1. The lowest BCUT2D eigenvalue weighted by Gasteiger charge is -2.21. The van der Waals surface area contributed by atoms with E-state index in [0.29, 0.717) is 11.6 Å². The summed E-state index contributed by atoms with van der Waals surface area (Å²) in [4.78, 5) is 15.9. The Morgan fingerprint density at radius 3 is 2.64 bits per heavy atom. The molecule has 2 aliphatic rings. The van der Waals surface area contributed by atoms with Gasteiger partial charge in [0.15, 0.2) is 15.5 Å². The minimum atomic E-state index is -3.29. The number of hydrogen-bond acceptors (Lipinski definition) is 5. The number of carboxylic acids is 1. The Bertz CT molecular complexity index is 985. The van der Waals surface area contributed by atoms with Crippen LogP contribution in [0.4, 0.5) is 11.4 Å². The molecule has 2 aliphatic carbocycles. The normalized spacial score (nSPS) is 21.2. The lowest BCUT2D eigenvalue weighted by molar-refractivity contribution is 0.0688. The van der Waals surface area contributed by atoms with Gasteiger partial charge in [0.1, 0.15) is 0 Å². The van der Waals surface area contributed by atoms with Crippen molar-refractivity contribution in [2.24, 2.45) is 0 Å². The summed E-state index contributed by atoms with van der Waals surface area (Å²) in [5, 5.41) is 12.7. The highest BCUT2D eigenvalue weighted by Crippen LogP contribution is 2.56. The molecule has 0 radical (unpaired) electrons. The van der Waals surface area contributed by atoms with E-state index in [4.69, 9.17) is 0 Å². The number of sulfone groups is 1. The Hall–Kier alpha value is -2.41. The molecular formula is C18H18N2O4S. The van der Waals surface area contributed by atoms with Gasteiger partial charge in [-0.3, -0.25) is 0 Å². The molecule has 2 N–H and O–H groups in total. The quantitative estimate of drug-likeness (QED) is 0.870. The van der Waals surface area contributed by atoms with Crippen LogP contribution >= 0.6 is 0 Å². The van der Waals surface area contributed by atoms with Gasteiger partial charge in [0.2, 0.25) is 0 Å². The van der Waals surface area contributed by atoms with Crippen molar-refractivity contribution in [1.29, 1.82) is 0 Å². The van der Waals surface area contributed by atoms with Gasteiger partial charge in [-0.15, -0.1) is 0 Å². The lowest BCUT2D eigenvalue weighted by Crippen LogP contribution is -2.12. The van der Waals surface area contributed by atoms with Gasteiger partial charge in [-0.2, -0.15) is 0 Å². The van der Waals surface area contributed by atoms with Crippen LogP contribution in [0.15, 0.2) is 35.4 Å². The van der Waals surface area contributed by atoms with E-state index < -0.39 is 15.8 Å². The minimum Gasteiger partial charge on any atom is -0.477 e. The third-order valence-electron chi connectivity index (χ3n) is 5.15. The third-order valence-corrected chi connectivity index (χ3v) is 6.26. The molecular weight excluding hydrogens is 340 g/mol. The highest BCUT2D eigenvalue weighted by atomic mass is 32.2. The van der Waals surface area contributed by atoms with Crippen molar-refractivity contribution in [2.75, 3.05) is 11.6 Å². The molecule has 1 aromatic carbocycles. The van der Waals surface area contributed by atoms with E-state index in [0.717, 1.165) is 36.1 Å². The summed E-state index contributed by atoms with van der Waals surface area (Å²) in [7, 11) is -3.29. The highest BCUT2D eigenvalue weighted by Gasteiger charge is 2.41. The molecule has 1 fully saturated rings. The maximum absolute atomic E-state index is 11.7. The number of anilines is 2. The van der Waals surface area contributed by atoms with Gasteiger partial charge in [0.25, 0.3) is 0 Å². The van der Waals surface area contributed by atoms with Crippen LogP contribution in [0, 0.1) is 0 Å². The average Bonchev–Trinajstić information content (AvgIpc) is 3.16. The van der Waals surface area contributed by atoms with E-state index in [2.05, 4.69) is 10.3 Å². The smallest absolute Gasteiger partial charge is 0.354 e. The number of nitrogens with one attached hydrogen (secondary N) is 1. The molecule has 2 bridgehead atoms. The Morgan fingerprint density at radius 1 is 1.24 bits per heavy atom. The van der Waals surface area contributed by atoms with Crippen molar-refractivity contribution < 1.29 is 18.3 Å². The van der Waals surface area contributed by atoms with E-state index in [1.54, 1.807) is 30.5 Å². The average molecular weight is 358 g/mol. The van der Waals surface area contributed by atoms with Crippen molar-refractivity contribution in [3.05, 3.63) is 47.3 Å².